The standard InChI is InChI=1S/C21H28N2O4S/c1-5-23(6-2)28(25,26)20-13-19(11-10-16(20)3)21(24)22-14-17-8-7-9-18(12-17)15-27-4/h7-13H,5-6,14-15H2,1-4H3,(H,22,24). The fourth-order valence-electron chi connectivity index (χ4n) is 3.00. The zero-order chi connectivity index (χ0) is 20.7. The van der Waals surface area contributed by atoms with Gasteiger partial charge in [0.2, 0.25) is 10.0 Å². The van der Waals surface area contributed by atoms with E-state index in [0.29, 0.717) is 37.4 Å². The SMILES string of the molecule is CCN(CC)S(=O)(=O)c1cc(C(=O)NCc2cccc(COC)c2)ccc1C. The van der Waals surface area contributed by atoms with E-state index in [2.05, 4.69) is 5.32 Å². The second kappa shape index (κ2) is 9.82. The first-order valence-electron chi connectivity index (χ1n) is 9.29. The van der Waals surface area contributed by atoms with Crippen LogP contribution < -0.4 is 5.32 Å². The molecule has 0 saturated heterocycles. The maximum absolute atomic E-state index is 12.9. The first-order valence-corrected chi connectivity index (χ1v) is 10.7. The number of nitrogens with zero attached hydrogens (tertiary/aromatic N) is 1. The Balaban J connectivity index is 2.19. The molecule has 0 aromatic heterocycles. The number of sulfonamides is 1. The predicted octanol–water partition coefficient (Wildman–Crippen LogP) is 3.10. The van der Waals surface area contributed by atoms with E-state index < -0.39 is 10.0 Å². The van der Waals surface area contributed by atoms with Crippen LogP contribution in [0.25, 0.3) is 0 Å². The molecule has 0 aliphatic heterocycles. The third-order valence-corrected chi connectivity index (χ3v) is 6.72. The molecule has 0 fully saturated rings. The summed E-state index contributed by atoms with van der Waals surface area (Å²) in [4.78, 5) is 12.8. The molecule has 28 heavy (non-hydrogen) atoms. The fourth-order valence-corrected chi connectivity index (χ4v) is 4.71. The highest BCUT2D eigenvalue weighted by Gasteiger charge is 2.24. The average molecular weight is 405 g/mol. The van der Waals surface area contributed by atoms with Crippen molar-refractivity contribution in [3.8, 4) is 0 Å². The Morgan fingerprint density at radius 3 is 2.39 bits per heavy atom. The van der Waals surface area contributed by atoms with Crippen molar-refractivity contribution in [3.05, 3.63) is 64.7 Å². The van der Waals surface area contributed by atoms with Crippen LogP contribution >= 0.6 is 0 Å². The van der Waals surface area contributed by atoms with Gasteiger partial charge in [-0.05, 0) is 35.7 Å². The summed E-state index contributed by atoms with van der Waals surface area (Å²) in [5, 5.41) is 2.85. The molecule has 2 rings (SSSR count). The predicted molar refractivity (Wildman–Crippen MR) is 110 cm³/mol. The third-order valence-electron chi connectivity index (χ3n) is 4.53. The van der Waals surface area contributed by atoms with Crippen molar-refractivity contribution >= 4 is 15.9 Å². The molecule has 0 unspecified atom stereocenters. The number of hydrogen-bond acceptors (Lipinski definition) is 4. The number of aryl methyl sites for hydroxylation is 1. The van der Waals surface area contributed by atoms with Crippen LogP contribution in [0.4, 0.5) is 0 Å². The van der Waals surface area contributed by atoms with Gasteiger partial charge in [0.05, 0.1) is 11.5 Å². The number of carbonyl (C=O) groups excluding carboxylic acids is 1. The zero-order valence-electron chi connectivity index (χ0n) is 16.9. The molecular formula is C21H28N2O4S. The molecule has 0 aliphatic carbocycles. The van der Waals surface area contributed by atoms with Crippen LogP contribution in [0.5, 0.6) is 0 Å². The maximum atomic E-state index is 12.9. The molecule has 0 bridgehead atoms. The highest BCUT2D eigenvalue weighted by atomic mass is 32.2. The molecule has 7 heteroatoms. The molecule has 0 atom stereocenters. The lowest BCUT2D eigenvalue weighted by Gasteiger charge is -2.20. The lowest BCUT2D eigenvalue weighted by atomic mass is 10.1. The minimum atomic E-state index is -3.63. The van der Waals surface area contributed by atoms with Crippen molar-refractivity contribution in [3.63, 3.8) is 0 Å². The Kier molecular flexibility index (Phi) is 7.74. The molecular weight excluding hydrogens is 376 g/mol. The van der Waals surface area contributed by atoms with Gasteiger partial charge in [0.25, 0.3) is 5.91 Å². The van der Waals surface area contributed by atoms with Crippen molar-refractivity contribution in [2.75, 3.05) is 20.2 Å². The van der Waals surface area contributed by atoms with Crippen LogP contribution in [0.2, 0.25) is 0 Å². The normalized spacial score (nSPS) is 11.6. The molecule has 0 radical (unpaired) electrons. The minimum Gasteiger partial charge on any atom is -0.380 e. The van der Waals surface area contributed by atoms with Crippen LogP contribution in [-0.4, -0.2) is 38.8 Å². The Bertz CT molecular complexity index is 922. The molecule has 0 saturated carbocycles. The summed E-state index contributed by atoms with van der Waals surface area (Å²) in [6, 6.07) is 12.5. The van der Waals surface area contributed by atoms with Gasteiger partial charge < -0.3 is 10.1 Å². The van der Waals surface area contributed by atoms with Gasteiger partial charge in [0.1, 0.15) is 0 Å². The molecule has 152 valence electrons. The van der Waals surface area contributed by atoms with Crippen LogP contribution in [-0.2, 0) is 27.9 Å². The van der Waals surface area contributed by atoms with Crippen LogP contribution in [0.1, 0.15) is 40.9 Å². The highest BCUT2D eigenvalue weighted by Crippen LogP contribution is 2.21. The number of ether oxygens (including phenoxy) is 1. The van der Waals surface area contributed by atoms with E-state index in [1.165, 1.54) is 10.4 Å². The maximum Gasteiger partial charge on any atom is 0.251 e. The summed E-state index contributed by atoms with van der Waals surface area (Å²) in [5.74, 6) is -0.312. The van der Waals surface area contributed by atoms with Gasteiger partial charge in [-0.15, -0.1) is 0 Å². The van der Waals surface area contributed by atoms with E-state index in [1.807, 2.05) is 24.3 Å². The molecule has 2 aromatic rings. The van der Waals surface area contributed by atoms with Gasteiger partial charge in [-0.1, -0.05) is 44.2 Å². The number of benzene rings is 2. The van der Waals surface area contributed by atoms with E-state index in [-0.39, 0.29) is 10.8 Å². The molecule has 0 aliphatic rings. The van der Waals surface area contributed by atoms with Crippen molar-refractivity contribution < 1.29 is 17.9 Å². The Labute approximate surface area is 167 Å². The third kappa shape index (κ3) is 5.19. The topological polar surface area (TPSA) is 75.7 Å². The monoisotopic (exact) mass is 404 g/mol. The van der Waals surface area contributed by atoms with E-state index in [1.54, 1.807) is 40.0 Å². The second-order valence-corrected chi connectivity index (χ2v) is 8.41. The quantitative estimate of drug-likeness (QED) is 0.697. The lowest BCUT2D eigenvalue weighted by Crippen LogP contribution is -2.31. The lowest BCUT2D eigenvalue weighted by molar-refractivity contribution is 0.0950. The zero-order valence-corrected chi connectivity index (χ0v) is 17.7. The molecule has 0 heterocycles. The van der Waals surface area contributed by atoms with Gasteiger partial charge in [-0.25, -0.2) is 8.42 Å². The Morgan fingerprint density at radius 2 is 1.75 bits per heavy atom. The number of carbonyl (C=O) groups is 1. The molecule has 2 aromatic carbocycles. The molecule has 1 amide bonds. The van der Waals surface area contributed by atoms with Gasteiger partial charge in [-0.3, -0.25) is 4.79 Å². The largest absolute Gasteiger partial charge is 0.380 e. The van der Waals surface area contributed by atoms with Crippen LogP contribution in [0, 0.1) is 6.92 Å². The van der Waals surface area contributed by atoms with Crippen molar-refractivity contribution in [2.24, 2.45) is 0 Å². The van der Waals surface area contributed by atoms with E-state index >= 15 is 0 Å². The summed E-state index contributed by atoms with van der Waals surface area (Å²) >= 11 is 0. The summed E-state index contributed by atoms with van der Waals surface area (Å²) in [6.07, 6.45) is 0. The highest BCUT2D eigenvalue weighted by molar-refractivity contribution is 7.89. The summed E-state index contributed by atoms with van der Waals surface area (Å²) < 4.78 is 32.2. The molecule has 6 nitrogen and oxygen atoms in total. The van der Waals surface area contributed by atoms with Crippen LogP contribution in [0.15, 0.2) is 47.4 Å². The first-order chi connectivity index (χ1) is 13.3. The number of nitrogens with one attached hydrogen (secondary N) is 1. The Hall–Kier alpha value is -2.22. The van der Waals surface area contributed by atoms with Gasteiger partial charge in [0, 0.05) is 32.3 Å². The number of amides is 1. The summed E-state index contributed by atoms with van der Waals surface area (Å²) in [6.45, 7) is 6.95. The fraction of sp³-hybridized carbons (Fsp3) is 0.381. The van der Waals surface area contributed by atoms with E-state index in [0.717, 1.165) is 11.1 Å². The van der Waals surface area contributed by atoms with Crippen molar-refractivity contribution in [1.29, 1.82) is 0 Å². The summed E-state index contributed by atoms with van der Waals surface area (Å²) in [7, 11) is -1.99. The van der Waals surface area contributed by atoms with Gasteiger partial charge in [-0.2, -0.15) is 4.31 Å². The van der Waals surface area contributed by atoms with Crippen LogP contribution in [0.3, 0.4) is 0 Å². The Morgan fingerprint density at radius 1 is 1.07 bits per heavy atom. The number of methoxy groups -OCH3 is 1. The molecule has 1 N–H and O–H groups in total. The molecule has 0 spiro atoms. The summed E-state index contributed by atoms with van der Waals surface area (Å²) in [5.41, 5.74) is 2.92. The van der Waals surface area contributed by atoms with Gasteiger partial charge >= 0.3 is 0 Å². The van der Waals surface area contributed by atoms with E-state index in [4.69, 9.17) is 4.74 Å². The average Bonchev–Trinajstić information content (AvgIpc) is 2.67. The van der Waals surface area contributed by atoms with Gasteiger partial charge in [0.15, 0.2) is 0 Å². The van der Waals surface area contributed by atoms with E-state index in [9.17, 15) is 13.2 Å². The smallest absolute Gasteiger partial charge is 0.251 e. The first kappa shape index (κ1) is 22.1. The number of hydrogen-bond donors (Lipinski definition) is 1. The second-order valence-electron chi connectivity index (χ2n) is 6.51. The number of rotatable bonds is 9. The minimum absolute atomic E-state index is 0.172. The van der Waals surface area contributed by atoms with Crippen molar-refractivity contribution in [2.45, 2.75) is 38.8 Å². The van der Waals surface area contributed by atoms with Crippen molar-refractivity contribution in [1.82, 2.24) is 9.62 Å².